The summed E-state index contributed by atoms with van der Waals surface area (Å²) in [6.45, 7) is 4.67. The van der Waals surface area contributed by atoms with Crippen molar-refractivity contribution in [2.45, 2.75) is 32.4 Å². The molecule has 5 nitrogen and oxygen atoms in total. The Bertz CT molecular complexity index is 517. The number of halogens is 1. The van der Waals surface area contributed by atoms with Crippen molar-refractivity contribution in [1.29, 1.82) is 0 Å². The quantitative estimate of drug-likeness (QED) is 0.864. The Kier molecular flexibility index (Phi) is 4.96. The van der Waals surface area contributed by atoms with Crippen LogP contribution in [0.15, 0.2) is 10.5 Å². The van der Waals surface area contributed by atoms with Gasteiger partial charge in [-0.3, -0.25) is 4.90 Å². The molecule has 1 aromatic rings. The molecule has 1 aliphatic heterocycles. The summed E-state index contributed by atoms with van der Waals surface area (Å²) in [5.41, 5.74) is 6.68. The number of esters is 1. The number of carbonyl (C=O) groups excluding carboxylic acids is 1. The molecule has 0 spiro atoms. The zero-order valence-electron chi connectivity index (χ0n) is 12.5. The second kappa shape index (κ2) is 6.38. The molecule has 1 saturated heterocycles. The third-order valence-electron chi connectivity index (χ3n) is 4.74. The van der Waals surface area contributed by atoms with Crippen LogP contribution in [0.5, 0.6) is 0 Å². The lowest BCUT2D eigenvalue weighted by Gasteiger charge is -2.16. The van der Waals surface area contributed by atoms with Crippen LogP contribution in [-0.2, 0) is 11.3 Å². The van der Waals surface area contributed by atoms with Crippen molar-refractivity contribution in [2.24, 2.45) is 17.6 Å². The van der Waals surface area contributed by atoms with Gasteiger partial charge in [0.25, 0.3) is 0 Å². The van der Waals surface area contributed by atoms with E-state index in [-0.39, 0.29) is 18.4 Å². The molecule has 1 aliphatic carbocycles. The highest BCUT2D eigenvalue weighted by Gasteiger charge is 2.41. The summed E-state index contributed by atoms with van der Waals surface area (Å²) in [5, 5.41) is 0. The van der Waals surface area contributed by atoms with Crippen LogP contribution in [0, 0.1) is 18.8 Å². The minimum atomic E-state index is -0.335. The van der Waals surface area contributed by atoms with Gasteiger partial charge in [0.1, 0.15) is 17.1 Å². The second-order valence-corrected chi connectivity index (χ2v) is 6.03. The zero-order chi connectivity index (χ0) is 14.3. The van der Waals surface area contributed by atoms with Gasteiger partial charge in [-0.1, -0.05) is 0 Å². The minimum Gasteiger partial charge on any atom is -0.465 e. The van der Waals surface area contributed by atoms with Gasteiger partial charge in [-0.05, 0) is 37.7 Å². The van der Waals surface area contributed by atoms with Crippen LogP contribution in [-0.4, -0.2) is 37.1 Å². The first-order valence-electron chi connectivity index (χ1n) is 7.24. The summed E-state index contributed by atoms with van der Waals surface area (Å²) in [4.78, 5) is 14.0. The van der Waals surface area contributed by atoms with Crippen molar-refractivity contribution in [3.63, 3.8) is 0 Å². The summed E-state index contributed by atoms with van der Waals surface area (Å²) >= 11 is 0. The molecule has 2 N–H and O–H groups in total. The predicted octanol–water partition coefficient (Wildman–Crippen LogP) is 1.97. The smallest absolute Gasteiger partial charge is 0.341 e. The fourth-order valence-electron chi connectivity index (χ4n) is 3.68. The molecule has 6 heteroatoms. The average molecular weight is 315 g/mol. The summed E-state index contributed by atoms with van der Waals surface area (Å²) in [7, 11) is 1.39. The topological polar surface area (TPSA) is 68.7 Å². The maximum absolute atomic E-state index is 11.6. The number of nitrogens with zero attached hydrogens (tertiary/aromatic N) is 1. The molecular formula is C15H23ClN2O3. The Morgan fingerprint density at radius 1 is 1.48 bits per heavy atom. The molecule has 118 valence electrons. The van der Waals surface area contributed by atoms with E-state index in [4.69, 9.17) is 14.9 Å². The highest BCUT2D eigenvalue weighted by Crippen LogP contribution is 2.37. The van der Waals surface area contributed by atoms with Gasteiger partial charge in [0.2, 0.25) is 0 Å². The molecule has 0 amide bonds. The maximum Gasteiger partial charge on any atom is 0.341 e. The van der Waals surface area contributed by atoms with Gasteiger partial charge in [0.05, 0.1) is 13.7 Å². The number of methoxy groups -OCH3 is 1. The Labute approximate surface area is 131 Å². The summed E-state index contributed by atoms with van der Waals surface area (Å²) in [6.07, 6.45) is 2.41. The fraction of sp³-hybridized carbons (Fsp3) is 0.667. The van der Waals surface area contributed by atoms with Gasteiger partial charge in [-0.25, -0.2) is 4.79 Å². The van der Waals surface area contributed by atoms with E-state index in [0.717, 1.165) is 37.7 Å². The van der Waals surface area contributed by atoms with Crippen molar-refractivity contribution in [3.05, 3.63) is 23.2 Å². The van der Waals surface area contributed by atoms with Crippen molar-refractivity contribution >= 4 is 18.4 Å². The molecule has 2 fully saturated rings. The average Bonchev–Trinajstić information content (AvgIpc) is 3.07. The highest BCUT2D eigenvalue weighted by molar-refractivity contribution is 5.90. The van der Waals surface area contributed by atoms with E-state index in [1.165, 1.54) is 13.5 Å². The molecule has 1 aromatic heterocycles. The van der Waals surface area contributed by atoms with Crippen LogP contribution in [0.25, 0.3) is 0 Å². The molecule has 3 unspecified atom stereocenters. The fourth-order valence-corrected chi connectivity index (χ4v) is 3.68. The van der Waals surface area contributed by atoms with Crippen LogP contribution in [0.2, 0.25) is 0 Å². The third kappa shape index (κ3) is 3.10. The van der Waals surface area contributed by atoms with Crippen LogP contribution < -0.4 is 5.73 Å². The lowest BCUT2D eigenvalue weighted by atomic mass is 9.98. The monoisotopic (exact) mass is 314 g/mol. The van der Waals surface area contributed by atoms with E-state index >= 15 is 0 Å². The first-order valence-corrected chi connectivity index (χ1v) is 7.24. The van der Waals surface area contributed by atoms with Crippen molar-refractivity contribution in [2.75, 3.05) is 20.2 Å². The second-order valence-electron chi connectivity index (χ2n) is 6.03. The number of rotatable bonds is 3. The number of nitrogens with two attached hydrogens (primary N) is 1. The summed E-state index contributed by atoms with van der Waals surface area (Å²) in [6, 6.07) is 2.16. The van der Waals surface area contributed by atoms with Gasteiger partial charge >= 0.3 is 5.97 Å². The van der Waals surface area contributed by atoms with E-state index in [1.54, 1.807) is 13.0 Å². The number of fused-ring (bicyclic) bond motifs is 1. The molecule has 0 bridgehead atoms. The number of carbonyl (C=O) groups is 1. The number of hydrogen-bond donors (Lipinski definition) is 1. The lowest BCUT2D eigenvalue weighted by molar-refractivity contribution is 0.0599. The lowest BCUT2D eigenvalue weighted by Crippen LogP contribution is -2.30. The van der Waals surface area contributed by atoms with Crippen molar-refractivity contribution < 1.29 is 13.9 Å². The number of aryl methyl sites for hydroxylation is 1. The molecular weight excluding hydrogens is 292 g/mol. The normalized spacial score (nSPS) is 28.2. The molecule has 3 rings (SSSR count). The first-order chi connectivity index (χ1) is 9.58. The molecule has 21 heavy (non-hydrogen) atoms. The van der Waals surface area contributed by atoms with Gasteiger partial charge < -0.3 is 14.9 Å². The molecule has 0 aromatic carbocycles. The zero-order valence-corrected chi connectivity index (χ0v) is 13.3. The number of furan rings is 1. The van der Waals surface area contributed by atoms with Gasteiger partial charge in [-0.15, -0.1) is 12.4 Å². The number of hydrogen-bond acceptors (Lipinski definition) is 5. The SMILES string of the molecule is COC(=O)c1cc(CN2CC3CCC(N)C3C2)oc1C.Cl. The number of ether oxygens (including phenoxy) is 1. The summed E-state index contributed by atoms with van der Waals surface area (Å²) in [5.74, 6) is 2.49. The molecule has 2 heterocycles. The van der Waals surface area contributed by atoms with Crippen LogP contribution in [0.4, 0.5) is 0 Å². The van der Waals surface area contributed by atoms with Crippen LogP contribution >= 0.6 is 12.4 Å². The van der Waals surface area contributed by atoms with Crippen molar-refractivity contribution in [3.8, 4) is 0 Å². The van der Waals surface area contributed by atoms with E-state index in [1.807, 2.05) is 0 Å². The van der Waals surface area contributed by atoms with Gasteiger partial charge in [-0.2, -0.15) is 0 Å². The third-order valence-corrected chi connectivity index (χ3v) is 4.74. The van der Waals surface area contributed by atoms with Crippen LogP contribution in [0.3, 0.4) is 0 Å². The molecule has 1 saturated carbocycles. The molecule has 3 atom stereocenters. The van der Waals surface area contributed by atoms with Gasteiger partial charge in [0, 0.05) is 19.1 Å². The standard InChI is InChI=1S/C15H22N2O3.ClH/c1-9-12(15(18)19-2)5-11(20-9)7-17-6-10-3-4-14(16)13(10)8-17;/h5,10,13-14H,3-4,6-8,16H2,1-2H3;1H. The predicted molar refractivity (Wildman–Crippen MR) is 81.5 cm³/mol. The van der Waals surface area contributed by atoms with Gasteiger partial charge in [0.15, 0.2) is 0 Å². The largest absolute Gasteiger partial charge is 0.465 e. The Morgan fingerprint density at radius 2 is 2.24 bits per heavy atom. The highest BCUT2D eigenvalue weighted by atomic mass is 35.5. The van der Waals surface area contributed by atoms with E-state index in [9.17, 15) is 4.79 Å². The summed E-state index contributed by atoms with van der Waals surface area (Å²) < 4.78 is 10.4. The van der Waals surface area contributed by atoms with Crippen molar-refractivity contribution in [1.82, 2.24) is 4.90 Å². The molecule has 2 aliphatic rings. The van der Waals surface area contributed by atoms with E-state index in [0.29, 0.717) is 23.3 Å². The van der Waals surface area contributed by atoms with E-state index in [2.05, 4.69) is 4.90 Å². The maximum atomic E-state index is 11.6. The minimum absolute atomic E-state index is 0. The first kappa shape index (κ1) is 16.3. The Balaban J connectivity index is 0.00000161. The molecule has 0 radical (unpaired) electrons. The van der Waals surface area contributed by atoms with E-state index < -0.39 is 0 Å². The van der Waals surface area contributed by atoms with Crippen LogP contribution in [0.1, 0.15) is 34.7 Å². The number of likely N-dealkylation sites (tertiary alicyclic amines) is 1. The Morgan fingerprint density at radius 3 is 2.90 bits per heavy atom. The Hall–Kier alpha value is -1.04.